The zero-order valence-electron chi connectivity index (χ0n) is 27.1. The number of carbonyl (C=O) groups is 1. The van der Waals surface area contributed by atoms with Crippen LogP contribution >= 0.6 is 0 Å². The minimum Gasteiger partial charge on any atom is -0.508 e. The molecule has 5 atom stereocenters. The third-order valence-electron chi connectivity index (χ3n) is 11.5. The van der Waals surface area contributed by atoms with Crippen molar-refractivity contribution >= 4 is 5.97 Å². The Kier molecular flexibility index (Phi) is 8.43. The molecule has 2 heterocycles. The van der Waals surface area contributed by atoms with Crippen LogP contribution in [0, 0.1) is 17.8 Å². The quantitative estimate of drug-likeness (QED) is 0.153. The van der Waals surface area contributed by atoms with E-state index in [4.69, 9.17) is 9.47 Å². The Morgan fingerprint density at radius 2 is 1.91 bits per heavy atom. The molecule has 5 aliphatic rings. The van der Waals surface area contributed by atoms with E-state index in [0.717, 1.165) is 62.5 Å². The predicted molar refractivity (Wildman–Crippen MR) is 173 cm³/mol. The van der Waals surface area contributed by atoms with Gasteiger partial charge in [-0.2, -0.15) is 0 Å². The zero-order valence-corrected chi connectivity index (χ0v) is 27.1. The second-order valence-electron chi connectivity index (χ2n) is 15.0. The van der Waals surface area contributed by atoms with Crippen molar-refractivity contribution in [2.75, 3.05) is 26.2 Å². The van der Waals surface area contributed by atoms with Gasteiger partial charge in [0.2, 0.25) is 0 Å². The van der Waals surface area contributed by atoms with Gasteiger partial charge in [-0.25, -0.2) is 0 Å². The zero-order chi connectivity index (χ0) is 30.4. The van der Waals surface area contributed by atoms with Crippen molar-refractivity contribution in [3.8, 4) is 17.2 Å². The number of hydrogen-bond donors (Lipinski definition) is 1. The van der Waals surface area contributed by atoms with E-state index < -0.39 is 0 Å². The Morgan fingerprint density at radius 1 is 1.11 bits per heavy atom. The molecular weight excluding hydrogens is 548 g/mol. The van der Waals surface area contributed by atoms with Crippen LogP contribution in [0.2, 0.25) is 0 Å². The summed E-state index contributed by atoms with van der Waals surface area (Å²) in [6, 6.07) is 13.3. The minimum absolute atomic E-state index is 0.0220. The second-order valence-corrected chi connectivity index (χ2v) is 15.0. The first-order valence-electron chi connectivity index (χ1n) is 17.6. The van der Waals surface area contributed by atoms with Crippen molar-refractivity contribution in [1.29, 1.82) is 0 Å². The lowest BCUT2D eigenvalue weighted by atomic mass is 9.50. The van der Waals surface area contributed by atoms with Crippen LogP contribution in [-0.2, 0) is 23.1 Å². The number of esters is 1. The number of ether oxygens (including phenoxy) is 2. The fourth-order valence-corrected chi connectivity index (χ4v) is 9.62. The van der Waals surface area contributed by atoms with E-state index in [-0.39, 0.29) is 23.2 Å². The highest BCUT2D eigenvalue weighted by atomic mass is 16.6. The molecule has 0 radical (unpaired) electrons. The summed E-state index contributed by atoms with van der Waals surface area (Å²) < 4.78 is 12.8. The highest BCUT2D eigenvalue weighted by molar-refractivity contribution is 5.73. The Morgan fingerprint density at radius 3 is 2.66 bits per heavy atom. The molecule has 3 aliphatic carbocycles. The summed E-state index contributed by atoms with van der Waals surface area (Å²) in [6.07, 6.45) is 13.1. The molecular formula is C38H52N2O4. The van der Waals surface area contributed by atoms with E-state index in [2.05, 4.69) is 54.0 Å². The third-order valence-corrected chi connectivity index (χ3v) is 11.5. The van der Waals surface area contributed by atoms with E-state index in [1.165, 1.54) is 69.5 Å². The normalized spacial score (nSPS) is 28.7. The van der Waals surface area contributed by atoms with Crippen LogP contribution in [0.1, 0.15) is 95.2 Å². The molecule has 2 aromatic rings. The number of carbonyl (C=O) groups excluding carboxylic acids is 1. The summed E-state index contributed by atoms with van der Waals surface area (Å²) in [5, 5.41) is 11.4. The van der Waals surface area contributed by atoms with Gasteiger partial charge in [-0.3, -0.25) is 14.6 Å². The number of aryl methyl sites for hydroxylation is 1. The van der Waals surface area contributed by atoms with Gasteiger partial charge >= 0.3 is 5.97 Å². The maximum Gasteiger partial charge on any atom is 0.308 e. The van der Waals surface area contributed by atoms with Crippen LogP contribution in [0.15, 0.2) is 36.4 Å². The Balaban J connectivity index is 1.14. The van der Waals surface area contributed by atoms with Gasteiger partial charge in [0.1, 0.15) is 11.9 Å². The third kappa shape index (κ3) is 5.55. The molecule has 1 N–H and O–H groups in total. The van der Waals surface area contributed by atoms with Crippen molar-refractivity contribution in [1.82, 2.24) is 9.80 Å². The number of hydrogen-bond acceptors (Lipinski definition) is 6. The van der Waals surface area contributed by atoms with Crippen molar-refractivity contribution in [2.24, 2.45) is 17.8 Å². The highest BCUT2D eigenvalue weighted by Gasteiger charge is 2.67. The smallest absolute Gasteiger partial charge is 0.308 e. The van der Waals surface area contributed by atoms with Crippen LogP contribution in [0.5, 0.6) is 17.2 Å². The molecule has 7 rings (SSSR count). The fourth-order valence-electron chi connectivity index (χ4n) is 9.62. The van der Waals surface area contributed by atoms with Crippen LogP contribution in [-0.4, -0.2) is 65.2 Å². The molecule has 2 saturated carbocycles. The summed E-state index contributed by atoms with van der Waals surface area (Å²) in [6.45, 7) is 10.6. The van der Waals surface area contributed by atoms with E-state index in [0.29, 0.717) is 29.7 Å². The number of nitrogens with zero attached hydrogens (tertiary/aromatic N) is 2. The molecule has 0 unspecified atom stereocenters. The van der Waals surface area contributed by atoms with Gasteiger partial charge in [-0.1, -0.05) is 57.0 Å². The lowest BCUT2D eigenvalue weighted by Gasteiger charge is -2.60. The van der Waals surface area contributed by atoms with Crippen molar-refractivity contribution in [2.45, 2.75) is 115 Å². The number of benzene rings is 2. The molecule has 0 amide bonds. The highest BCUT2D eigenvalue weighted by Crippen LogP contribution is 2.66. The number of phenols is 1. The predicted octanol–water partition coefficient (Wildman–Crippen LogP) is 6.90. The van der Waals surface area contributed by atoms with Gasteiger partial charge in [0.05, 0.1) is 0 Å². The molecule has 0 aromatic heterocycles. The first-order valence-corrected chi connectivity index (χ1v) is 17.6. The number of piperidine rings is 1. The first-order chi connectivity index (χ1) is 21.3. The Hall–Kier alpha value is -2.57. The maximum absolute atomic E-state index is 12.2. The second kappa shape index (κ2) is 12.3. The summed E-state index contributed by atoms with van der Waals surface area (Å²) >= 11 is 0. The van der Waals surface area contributed by atoms with E-state index in [1.54, 1.807) is 6.07 Å². The van der Waals surface area contributed by atoms with Crippen LogP contribution in [0.3, 0.4) is 0 Å². The molecule has 2 bridgehead atoms. The van der Waals surface area contributed by atoms with Gasteiger partial charge in [-0.15, -0.1) is 0 Å². The molecule has 1 spiro atoms. The molecule has 1 saturated heterocycles. The SMILES string of the molecule is CC(=O)Oc1cc(O)c2c3c1O[C@H]1[C@@H](N(CCCCCCc4ccccc4)CC(C)C)CC[C@H]4[C@@H](C2)N(CC2CC2)CC[C@@]341. The van der Waals surface area contributed by atoms with E-state index >= 15 is 0 Å². The van der Waals surface area contributed by atoms with Crippen LogP contribution in [0.4, 0.5) is 0 Å². The van der Waals surface area contributed by atoms with Crippen LogP contribution < -0.4 is 9.47 Å². The van der Waals surface area contributed by atoms with Crippen molar-refractivity contribution in [3.63, 3.8) is 0 Å². The molecule has 6 nitrogen and oxygen atoms in total. The molecule has 2 aromatic carbocycles. The van der Waals surface area contributed by atoms with Gasteiger partial charge < -0.3 is 14.6 Å². The first kappa shape index (κ1) is 30.1. The van der Waals surface area contributed by atoms with Crippen molar-refractivity contribution < 1.29 is 19.4 Å². The van der Waals surface area contributed by atoms with Gasteiger partial charge in [0.25, 0.3) is 0 Å². The van der Waals surface area contributed by atoms with E-state index in [9.17, 15) is 9.90 Å². The monoisotopic (exact) mass is 600 g/mol. The summed E-state index contributed by atoms with van der Waals surface area (Å²) in [7, 11) is 0. The molecule has 6 heteroatoms. The molecule has 3 fully saturated rings. The largest absolute Gasteiger partial charge is 0.508 e. The van der Waals surface area contributed by atoms with Crippen LogP contribution in [0.25, 0.3) is 0 Å². The Bertz CT molecular complexity index is 1340. The number of unbranched alkanes of at least 4 members (excludes halogenated alkanes) is 3. The lowest BCUT2D eigenvalue weighted by molar-refractivity contribution is -0.132. The average Bonchev–Trinajstić information content (AvgIpc) is 3.75. The van der Waals surface area contributed by atoms with E-state index in [1.807, 2.05) is 0 Å². The summed E-state index contributed by atoms with van der Waals surface area (Å²) in [5.41, 5.74) is 3.54. The summed E-state index contributed by atoms with van der Waals surface area (Å²) in [4.78, 5) is 17.7. The number of likely N-dealkylation sites (tertiary alicyclic amines) is 1. The standard InChI is InChI=1S/C38H52N2O4/c1-25(2)23-39(19-10-5-4-7-11-27-12-8-6-9-13-27)31-17-16-30-32-21-29-33(42)22-34(43-26(3)41)36-35(29)38(30,37(31)44-36)18-20-40(32)24-28-14-15-28/h6,8-9,12-13,22,25,28,30-32,37,42H,4-5,7,10-11,14-21,23-24H2,1-3H3/t30-,31-,32+,37-,38-/m0/s1. The summed E-state index contributed by atoms with van der Waals surface area (Å²) in [5.74, 6) is 2.99. The number of rotatable bonds is 13. The Labute approximate surface area is 264 Å². The van der Waals surface area contributed by atoms with Gasteiger partial charge in [0.15, 0.2) is 11.5 Å². The van der Waals surface area contributed by atoms with Gasteiger partial charge in [0, 0.05) is 54.7 Å². The fraction of sp³-hybridized carbons (Fsp3) is 0.658. The topological polar surface area (TPSA) is 62.2 Å². The molecule has 44 heavy (non-hydrogen) atoms. The maximum atomic E-state index is 12.2. The molecule has 238 valence electrons. The minimum atomic E-state index is -0.369. The lowest BCUT2D eigenvalue weighted by Crippen LogP contribution is -2.69. The van der Waals surface area contributed by atoms with Gasteiger partial charge in [-0.05, 0) is 94.2 Å². The average molecular weight is 601 g/mol. The number of aromatic hydroxyl groups is 1. The number of phenolic OH excluding ortho intramolecular Hbond substituents is 1. The molecule has 2 aliphatic heterocycles. The van der Waals surface area contributed by atoms with Crippen molar-refractivity contribution in [3.05, 3.63) is 53.1 Å².